The molecule has 24 heavy (non-hydrogen) atoms. The molecule has 1 aliphatic rings. The number of thiazole rings is 1. The van der Waals surface area contributed by atoms with Crippen LogP contribution in [-0.4, -0.2) is 24.0 Å². The smallest absolute Gasteiger partial charge is 0.267 e. The fraction of sp³-hybridized carbons (Fsp3) is 0.474. The average Bonchev–Trinajstić information content (AvgIpc) is 3.14. The second kappa shape index (κ2) is 6.93. The van der Waals surface area contributed by atoms with Gasteiger partial charge in [-0.25, -0.2) is 4.98 Å². The zero-order chi connectivity index (χ0) is 17.3. The number of carbonyl (C=O) groups is 1. The van der Waals surface area contributed by atoms with Gasteiger partial charge >= 0.3 is 0 Å². The lowest BCUT2D eigenvalue weighted by Crippen LogP contribution is -2.19. The molecule has 0 saturated carbocycles. The fourth-order valence-corrected chi connectivity index (χ4v) is 3.95. The Bertz CT molecular complexity index is 721. The van der Waals surface area contributed by atoms with Gasteiger partial charge in [-0.05, 0) is 43.5 Å². The molecule has 1 unspecified atom stereocenters. The number of rotatable bonds is 4. The maximum atomic E-state index is 12.5. The first kappa shape index (κ1) is 17.0. The van der Waals surface area contributed by atoms with E-state index in [-0.39, 0.29) is 5.91 Å². The number of nitrogens with zero attached hydrogens (tertiary/aromatic N) is 2. The van der Waals surface area contributed by atoms with Crippen LogP contribution < -0.4 is 10.2 Å². The highest BCUT2D eigenvalue weighted by Crippen LogP contribution is 2.27. The van der Waals surface area contributed by atoms with Gasteiger partial charge in [0.25, 0.3) is 5.91 Å². The third-order valence-corrected chi connectivity index (χ3v) is 5.88. The van der Waals surface area contributed by atoms with Gasteiger partial charge in [0.1, 0.15) is 4.88 Å². The van der Waals surface area contributed by atoms with Crippen molar-refractivity contribution in [2.24, 2.45) is 5.92 Å². The Morgan fingerprint density at radius 3 is 2.58 bits per heavy atom. The fourth-order valence-electron chi connectivity index (χ4n) is 2.99. The molecule has 0 bridgehead atoms. The molecular weight excluding hydrogens is 318 g/mol. The Balaban J connectivity index is 1.68. The van der Waals surface area contributed by atoms with E-state index in [1.54, 1.807) is 0 Å². The van der Waals surface area contributed by atoms with Gasteiger partial charge in [0.15, 0.2) is 0 Å². The minimum absolute atomic E-state index is 0.0700. The van der Waals surface area contributed by atoms with Crippen LogP contribution in [0.1, 0.15) is 53.5 Å². The Labute approximate surface area is 147 Å². The number of benzene rings is 1. The summed E-state index contributed by atoms with van der Waals surface area (Å²) in [5, 5.41) is 4.00. The van der Waals surface area contributed by atoms with Gasteiger partial charge in [-0.3, -0.25) is 4.79 Å². The molecule has 3 rings (SSSR count). The monoisotopic (exact) mass is 343 g/mol. The van der Waals surface area contributed by atoms with E-state index >= 15 is 0 Å². The largest absolute Gasteiger partial charge is 0.371 e. The quantitative estimate of drug-likeness (QED) is 0.877. The van der Waals surface area contributed by atoms with Crippen LogP contribution in [0.4, 0.5) is 11.4 Å². The van der Waals surface area contributed by atoms with E-state index in [1.807, 2.05) is 19.1 Å². The third-order valence-electron chi connectivity index (χ3n) is 4.43. The minimum Gasteiger partial charge on any atom is -0.371 e. The number of aromatic nitrogens is 1. The molecular formula is C19H25N3OS. The van der Waals surface area contributed by atoms with Crippen LogP contribution in [0.15, 0.2) is 24.3 Å². The van der Waals surface area contributed by atoms with Gasteiger partial charge in [0, 0.05) is 30.4 Å². The summed E-state index contributed by atoms with van der Waals surface area (Å²) in [5.74, 6) is 1.03. The van der Waals surface area contributed by atoms with Crippen LogP contribution in [-0.2, 0) is 0 Å². The molecule has 128 valence electrons. The Morgan fingerprint density at radius 1 is 1.33 bits per heavy atom. The maximum absolute atomic E-state index is 12.5. The summed E-state index contributed by atoms with van der Waals surface area (Å²) in [7, 11) is 0. The van der Waals surface area contributed by atoms with Crippen molar-refractivity contribution < 1.29 is 4.79 Å². The first-order valence-electron chi connectivity index (χ1n) is 8.57. The lowest BCUT2D eigenvalue weighted by Gasteiger charge is -2.18. The Kier molecular flexibility index (Phi) is 4.90. The van der Waals surface area contributed by atoms with E-state index in [0.717, 1.165) is 35.4 Å². The Morgan fingerprint density at radius 2 is 2.04 bits per heavy atom. The van der Waals surface area contributed by atoms with Crippen molar-refractivity contribution in [3.63, 3.8) is 0 Å². The lowest BCUT2D eigenvalue weighted by atomic mass is 10.2. The first-order chi connectivity index (χ1) is 11.4. The van der Waals surface area contributed by atoms with E-state index in [1.165, 1.54) is 23.4 Å². The van der Waals surface area contributed by atoms with Gasteiger partial charge in [-0.1, -0.05) is 20.8 Å². The molecule has 0 radical (unpaired) electrons. The van der Waals surface area contributed by atoms with E-state index in [9.17, 15) is 4.79 Å². The standard InChI is InChI=1S/C19H25N3OS/c1-12(2)19-20-14(4)17(24-19)18(23)21-15-5-7-16(8-6-15)22-10-9-13(3)11-22/h5-8,12-13H,9-11H2,1-4H3,(H,21,23). The van der Waals surface area contributed by atoms with Crippen LogP contribution in [0.2, 0.25) is 0 Å². The highest BCUT2D eigenvalue weighted by Gasteiger charge is 2.19. The number of amides is 1. The molecule has 2 heterocycles. The van der Waals surface area contributed by atoms with Gasteiger partial charge in [-0.2, -0.15) is 0 Å². The number of aryl methyl sites for hydroxylation is 1. The molecule has 5 heteroatoms. The third kappa shape index (κ3) is 3.61. The Hall–Kier alpha value is -1.88. The topological polar surface area (TPSA) is 45.2 Å². The van der Waals surface area contributed by atoms with Crippen LogP contribution in [0.25, 0.3) is 0 Å². The van der Waals surface area contributed by atoms with Crippen molar-refractivity contribution >= 4 is 28.6 Å². The van der Waals surface area contributed by atoms with Crippen molar-refractivity contribution in [1.82, 2.24) is 4.98 Å². The van der Waals surface area contributed by atoms with Crippen molar-refractivity contribution in [3.8, 4) is 0 Å². The second-order valence-corrected chi connectivity index (χ2v) is 7.99. The molecule has 1 atom stereocenters. The van der Waals surface area contributed by atoms with Crippen LogP contribution >= 0.6 is 11.3 Å². The molecule has 4 nitrogen and oxygen atoms in total. The van der Waals surface area contributed by atoms with Crippen molar-refractivity contribution in [3.05, 3.63) is 39.8 Å². The number of hydrogen-bond acceptors (Lipinski definition) is 4. The molecule has 0 aliphatic carbocycles. The van der Waals surface area contributed by atoms with E-state index in [0.29, 0.717) is 10.8 Å². The number of hydrogen-bond donors (Lipinski definition) is 1. The average molecular weight is 343 g/mol. The zero-order valence-electron chi connectivity index (χ0n) is 14.8. The van der Waals surface area contributed by atoms with Crippen molar-refractivity contribution in [2.45, 2.75) is 40.0 Å². The van der Waals surface area contributed by atoms with Crippen LogP contribution in [0.5, 0.6) is 0 Å². The predicted octanol–water partition coefficient (Wildman–Crippen LogP) is 4.67. The summed E-state index contributed by atoms with van der Waals surface area (Å²) in [5.41, 5.74) is 2.87. The maximum Gasteiger partial charge on any atom is 0.267 e. The molecule has 1 amide bonds. The predicted molar refractivity (Wildman–Crippen MR) is 101 cm³/mol. The lowest BCUT2D eigenvalue weighted by molar-refractivity contribution is 0.103. The minimum atomic E-state index is -0.0700. The first-order valence-corrected chi connectivity index (χ1v) is 9.39. The van der Waals surface area contributed by atoms with Gasteiger partial charge in [0.05, 0.1) is 10.7 Å². The van der Waals surface area contributed by atoms with E-state index < -0.39 is 0 Å². The molecule has 1 N–H and O–H groups in total. The summed E-state index contributed by atoms with van der Waals surface area (Å²) >= 11 is 1.49. The normalized spacial score (nSPS) is 17.5. The zero-order valence-corrected chi connectivity index (χ0v) is 15.6. The van der Waals surface area contributed by atoms with Crippen molar-refractivity contribution in [2.75, 3.05) is 23.3 Å². The number of nitrogens with one attached hydrogen (secondary N) is 1. The summed E-state index contributed by atoms with van der Waals surface area (Å²) < 4.78 is 0. The summed E-state index contributed by atoms with van der Waals surface area (Å²) in [4.78, 5) is 20.1. The van der Waals surface area contributed by atoms with Gasteiger partial charge in [-0.15, -0.1) is 11.3 Å². The molecule has 1 aliphatic heterocycles. The summed E-state index contributed by atoms with van der Waals surface area (Å²) in [6.07, 6.45) is 1.25. The molecule has 1 fully saturated rings. The van der Waals surface area contributed by atoms with E-state index in [4.69, 9.17) is 0 Å². The highest BCUT2D eigenvalue weighted by molar-refractivity contribution is 7.14. The molecule has 1 aromatic heterocycles. The number of anilines is 2. The molecule has 1 saturated heterocycles. The van der Waals surface area contributed by atoms with Crippen LogP contribution in [0.3, 0.4) is 0 Å². The van der Waals surface area contributed by atoms with Crippen LogP contribution in [0, 0.1) is 12.8 Å². The molecule has 2 aromatic rings. The van der Waals surface area contributed by atoms with Gasteiger partial charge < -0.3 is 10.2 Å². The number of carbonyl (C=O) groups excluding carboxylic acids is 1. The highest BCUT2D eigenvalue weighted by atomic mass is 32.1. The molecule has 1 aromatic carbocycles. The van der Waals surface area contributed by atoms with Gasteiger partial charge in [0.2, 0.25) is 0 Å². The SMILES string of the molecule is Cc1nc(C(C)C)sc1C(=O)Nc1ccc(N2CCC(C)C2)cc1. The van der Waals surface area contributed by atoms with E-state index in [2.05, 4.69) is 48.1 Å². The summed E-state index contributed by atoms with van der Waals surface area (Å²) in [6, 6.07) is 8.14. The molecule has 0 spiro atoms. The summed E-state index contributed by atoms with van der Waals surface area (Å²) in [6.45, 7) is 10.6. The van der Waals surface area contributed by atoms with Crippen molar-refractivity contribution in [1.29, 1.82) is 0 Å². The second-order valence-electron chi connectivity index (χ2n) is 6.96.